The molecule has 20 nitrogen and oxygen atoms in total. The number of carbonyl (C=O) groups is 10. The molecule has 0 bridgehead atoms. The molecule has 1 aliphatic heterocycles. The smallest absolute Gasteiger partial charge is 0.243 e. The molecular weight excluding hydrogens is 1070 g/mol. The summed E-state index contributed by atoms with van der Waals surface area (Å²) in [4.78, 5) is 146. The average molecular weight is 1170 g/mol. The van der Waals surface area contributed by atoms with Crippen molar-refractivity contribution in [1.29, 1.82) is 0 Å². The minimum atomic E-state index is -1.27. The van der Waals surface area contributed by atoms with Crippen LogP contribution in [0.2, 0.25) is 0 Å². The second-order valence-electron chi connectivity index (χ2n) is 26.1. The van der Waals surface area contributed by atoms with E-state index in [4.69, 9.17) is 0 Å². The van der Waals surface area contributed by atoms with Crippen molar-refractivity contribution >= 4 is 59.1 Å². The van der Waals surface area contributed by atoms with Crippen LogP contribution in [0.15, 0.2) is 60.7 Å². The fourth-order valence-corrected chi connectivity index (χ4v) is 10.1. The van der Waals surface area contributed by atoms with Crippen molar-refractivity contribution in [3.8, 4) is 0 Å². The Balaban J connectivity index is 2.29. The molecule has 84 heavy (non-hydrogen) atoms. The number of amides is 10. The first kappa shape index (κ1) is 71.4. The fourth-order valence-electron chi connectivity index (χ4n) is 10.1. The first-order chi connectivity index (χ1) is 39.3. The van der Waals surface area contributed by atoms with E-state index in [1.807, 2.05) is 95.2 Å². The Morgan fingerprint density at radius 2 is 0.429 bits per heavy atom. The first-order valence-corrected chi connectivity index (χ1v) is 30.5. The third-order valence-electron chi connectivity index (χ3n) is 14.4. The molecule has 2 aromatic carbocycles. The Morgan fingerprint density at radius 3 is 0.631 bits per heavy atom. The lowest BCUT2D eigenvalue weighted by molar-refractivity contribution is -0.137. The highest BCUT2D eigenvalue weighted by Gasteiger charge is 2.39. The molecule has 10 atom stereocenters. The minimum absolute atomic E-state index is 0.00287. The molecule has 1 fully saturated rings. The summed E-state index contributed by atoms with van der Waals surface area (Å²) in [6.07, 6.45) is 0.827. The normalized spacial score (nSPS) is 25.0. The van der Waals surface area contributed by atoms with Crippen molar-refractivity contribution in [1.82, 2.24) is 53.2 Å². The Bertz CT molecular complexity index is 2310. The zero-order valence-corrected chi connectivity index (χ0v) is 52.9. The number of nitrogens with one attached hydrogen (secondary N) is 10. The molecule has 0 aliphatic carbocycles. The summed E-state index contributed by atoms with van der Waals surface area (Å²) in [6.45, 7) is 29.4. The number of carbonyl (C=O) groups excluding carboxylic acids is 10. The second kappa shape index (κ2) is 34.8. The molecule has 1 aliphatic rings. The molecule has 20 heteroatoms. The van der Waals surface area contributed by atoms with E-state index in [2.05, 4.69) is 53.2 Å². The quantitative estimate of drug-likeness (QED) is 0.0961. The van der Waals surface area contributed by atoms with Crippen molar-refractivity contribution in [2.45, 2.75) is 223 Å². The lowest BCUT2D eigenvalue weighted by atomic mass is 9.96. The number of hydrogen-bond acceptors (Lipinski definition) is 10. The summed E-state index contributed by atoms with van der Waals surface area (Å²) in [7, 11) is 0. The van der Waals surface area contributed by atoms with Crippen LogP contribution in [0.4, 0.5) is 0 Å². The zero-order valence-electron chi connectivity index (χ0n) is 52.9. The molecule has 0 unspecified atom stereocenters. The minimum Gasteiger partial charge on any atom is -0.343 e. The highest BCUT2D eigenvalue weighted by Crippen LogP contribution is 2.17. The summed E-state index contributed by atoms with van der Waals surface area (Å²) < 4.78 is 0. The molecule has 1 heterocycles. The molecule has 1 saturated heterocycles. The number of hydrogen-bond donors (Lipinski definition) is 10. The van der Waals surface area contributed by atoms with Crippen LogP contribution in [0, 0.1) is 47.3 Å². The van der Waals surface area contributed by atoms with Gasteiger partial charge in [0.25, 0.3) is 0 Å². The van der Waals surface area contributed by atoms with Gasteiger partial charge in [-0.2, -0.15) is 0 Å². The van der Waals surface area contributed by atoms with E-state index in [1.54, 1.807) is 76.2 Å². The van der Waals surface area contributed by atoms with Crippen LogP contribution in [0.3, 0.4) is 0 Å². The number of benzene rings is 2. The monoisotopic (exact) mass is 1170 g/mol. The SMILES string of the molecule is CC(C)C[C@@H]1NC(=O)[C@H](C(C)C)NC(=O)[C@@H](CC(C)C)NC(=O)[C@@H](CC(C)C)NC(=O)[C@H](Cc2ccccc2)NC(=O)[C@H](CC(C)C)NC(=O)[C@H](C(C)C)NC(=O)[C@@H](CC(C)C)NC(=O)[C@@H](CC(C)C)NC(=O)[C@H](Cc2ccccc2)NC1=O. The Morgan fingerprint density at radius 1 is 0.250 bits per heavy atom. The maximum Gasteiger partial charge on any atom is 0.243 e. The van der Waals surface area contributed by atoms with E-state index in [1.165, 1.54) is 0 Å². The molecule has 10 amide bonds. The van der Waals surface area contributed by atoms with Gasteiger partial charge < -0.3 is 53.2 Å². The molecule has 2 aromatic rings. The van der Waals surface area contributed by atoms with Gasteiger partial charge in [0.1, 0.15) is 60.4 Å². The van der Waals surface area contributed by atoms with Gasteiger partial charge in [0.05, 0.1) is 0 Å². The number of rotatable bonds is 18. The predicted molar refractivity (Wildman–Crippen MR) is 326 cm³/mol. The predicted octanol–water partition coefficient (Wildman–Crippen LogP) is 4.92. The first-order valence-electron chi connectivity index (χ1n) is 30.5. The summed E-state index contributed by atoms with van der Waals surface area (Å²) in [5.41, 5.74) is 1.38. The van der Waals surface area contributed by atoms with Gasteiger partial charge in [-0.15, -0.1) is 0 Å². The van der Waals surface area contributed by atoms with Crippen LogP contribution in [-0.4, -0.2) is 119 Å². The van der Waals surface area contributed by atoms with E-state index in [0.29, 0.717) is 11.1 Å². The largest absolute Gasteiger partial charge is 0.343 e. The third kappa shape index (κ3) is 24.8. The topological polar surface area (TPSA) is 291 Å². The van der Waals surface area contributed by atoms with Crippen LogP contribution in [0.1, 0.15) is 160 Å². The van der Waals surface area contributed by atoms with Crippen LogP contribution < -0.4 is 53.2 Å². The van der Waals surface area contributed by atoms with E-state index in [-0.39, 0.29) is 86.9 Å². The van der Waals surface area contributed by atoms with Crippen molar-refractivity contribution in [3.05, 3.63) is 71.8 Å². The van der Waals surface area contributed by atoms with Crippen LogP contribution in [0.25, 0.3) is 0 Å². The molecule has 468 valence electrons. The van der Waals surface area contributed by atoms with Gasteiger partial charge in [-0.05, 0) is 97.0 Å². The van der Waals surface area contributed by atoms with Crippen molar-refractivity contribution in [2.75, 3.05) is 0 Å². The highest BCUT2D eigenvalue weighted by molar-refractivity contribution is 5.99. The molecule has 0 saturated carbocycles. The molecule has 0 aromatic heterocycles. The highest BCUT2D eigenvalue weighted by atomic mass is 16.2. The van der Waals surface area contributed by atoms with Gasteiger partial charge in [0.15, 0.2) is 0 Å². The average Bonchev–Trinajstić information content (AvgIpc) is 3.14. The maximum absolute atomic E-state index is 14.7. The third-order valence-corrected chi connectivity index (χ3v) is 14.4. The Kier molecular flexibility index (Phi) is 29.6. The van der Waals surface area contributed by atoms with Crippen LogP contribution in [0.5, 0.6) is 0 Å². The van der Waals surface area contributed by atoms with E-state index in [9.17, 15) is 47.9 Å². The van der Waals surface area contributed by atoms with Crippen molar-refractivity contribution < 1.29 is 47.9 Å². The van der Waals surface area contributed by atoms with E-state index >= 15 is 0 Å². The summed E-state index contributed by atoms with van der Waals surface area (Å²) >= 11 is 0. The van der Waals surface area contributed by atoms with Gasteiger partial charge in [0.2, 0.25) is 59.1 Å². The van der Waals surface area contributed by atoms with Crippen LogP contribution in [-0.2, 0) is 60.8 Å². The molecule has 3 rings (SSSR count). The van der Waals surface area contributed by atoms with Crippen molar-refractivity contribution in [3.63, 3.8) is 0 Å². The lowest BCUT2D eigenvalue weighted by Crippen LogP contribution is -2.62. The van der Waals surface area contributed by atoms with Gasteiger partial charge in [-0.1, -0.05) is 171 Å². The van der Waals surface area contributed by atoms with E-state index < -0.39 is 131 Å². The molecule has 0 radical (unpaired) electrons. The maximum atomic E-state index is 14.7. The standard InChI is InChI=1S/C64H102N10O10/c1-35(2)27-45-55(75)67-49(31-39(9)10)61(81)73-53(41(13)14)63(83)72-48(30-38(7)8)58(78)70-52(34-44-25-21-18-22-26-44)60(80)66-46(28-36(3)4)56(76)68-50(32-40(11)12)62(82)74-54(42(15)16)64(84)71-47(29-37(5)6)57(77)69-51(59(79)65-45)33-43-23-19-17-20-24-43/h17-26,35-42,45-54H,27-34H2,1-16H3,(H,65,79)(H,66,80)(H,67,75)(H,68,76)(H,69,77)(H,70,78)(H,71,84)(H,72,83)(H,73,81)(H,74,82)/t45-,46-,47+,48+,49-,50-,51+,52+,53+,54+/m1/s1. The summed E-state index contributed by atoms with van der Waals surface area (Å²) in [6, 6.07) is 5.81. The summed E-state index contributed by atoms with van der Waals surface area (Å²) in [5.74, 6) is -8.73. The zero-order chi connectivity index (χ0) is 63.1. The Hall–Kier alpha value is -6.86. The van der Waals surface area contributed by atoms with Gasteiger partial charge in [-0.3, -0.25) is 47.9 Å². The van der Waals surface area contributed by atoms with Crippen LogP contribution >= 0.6 is 0 Å². The fraction of sp³-hybridized carbons (Fsp3) is 0.656. The summed E-state index contributed by atoms with van der Waals surface area (Å²) in [5, 5.41) is 28.6. The van der Waals surface area contributed by atoms with Gasteiger partial charge >= 0.3 is 0 Å². The van der Waals surface area contributed by atoms with Crippen molar-refractivity contribution in [2.24, 2.45) is 47.3 Å². The van der Waals surface area contributed by atoms with Gasteiger partial charge in [0, 0.05) is 12.8 Å². The molecular formula is C64H102N10O10. The lowest BCUT2D eigenvalue weighted by Gasteiger charge is -2.31. The second-order valence-corrected chi connectivity index (χ2v) is 26.1. The van der Waals surface area contributed by atoms with Gasteiger partial charge in [-0.25, -0.2) is 0 Å². The van der Waals surface area contributed by atoms with E-state index in [0.717, 1.165) is 0 Å². The molecule has 0 spiro atoms. The molecule has 10 N–H and O–H groups in total. The Labute approximate surface area is 500 Å².